The Morgan fingerprint density at radius 1 is 1.24 bits per heavy atom. The molecule has 0 aliphatic carbocycles. The summed E-state index contributed by atoms with van der Waals surface area (Å²) in [6.45, 7) is 0.882. The van der Waals surface area contributed by atoms with E-state index in [1.807, 2.05) is 24.3 Å². The Bertz CT molecular complexity index is 823. The molecule has 0 amide bonds. The van der Waals surface area contributed by atoms with E-state index >= 15 is 0 Å². The van der Waals surface area contributed by atoms with E-state index in [1.54, 1.807) is 0 Å². The fourth-order valence-corrected chi connectivity index (χ4v) is 2.83. The number of nitrogens with zero attached hydrogens (tertiary/aromatic N) is 2. The van der Waals surface area contributed by atoms with Crippen LogP contribution in [0.4, 0.5) is 11.7 Å². The van der Waals surface area contributed by atoms with Crippen molar-refractivity contribution in [1.82, 2.24) is 4.98 Å². The fourth-order valence-electron chi connectivity index (χ4n) is 2.83. The number of benzene rings is 2. The fraction of sp³-hybridized carbons (Fsp3) is 0.176. The summed E-state index contributed by atoms with van der Waals surface area (Å²) in [5.74, 6) is 0. The van der Waals surface area contributed by atoms with Gasteiger partial charge in [-0.1, -0.05) is 24.3 Å². The maximum Gasteiger partial charge on any atom is 0.303 e. The van der Waals surface area contributed by atoms with Gasteiger partial charge >= 0.3 is 6.01 Å². The van der Waals surface area contributed by atoms with Gasteiger partial charge in [0.2, 0.25) is 0 Å². The lowest BCUT2D eigenvalue weighted by atomic mass is 10.1. The molecule has 1 aliphatic rings. The van der Waals surface area contributed by atoms with E-state index in [0.717, 1.165) is 41.6 Å². The predicted octanol–water partition coefficient (Wildman–Crippen LogP) is 3.26. The van der Waals surface area contributed by atoms with Crippen LogP contribution in [0, 0.1) is 0 Å². The van der Waals surface area contributed by atoms with Crippen molar-refractivity contribution in [1.29, 1.82) is 0 Å². The van der Waals surface area contributed by atoms with Crippen molar-refractivity contribution in [3.05, 3.63) is 53.6 Å². The summed E-state index contributed by atoms with van der Waals surface area (Å²) in [4.78, 5) is 17.3. The third kappa shape index (κ3) is 2.00. The number of oxazole rings is 1. The molecule has 1 aliphatic heterocycles. The SMILES string of the molecule is O=CCc1ccc2nc(N3CCc4ccccc43)oc2c1. The first-order valence-electron chi connectivity index (χ1n) is 7.04. The largest absolute Gasteiger partial charge is 0.423 e. The molecule has 2 heterocycles. The second-order valence-corrected chi connectivity index (χ2v) is 5.20. The summed E-state index contributed by atoms with van der Waals surface area (Å²) in [6, 6.07) is 14.7. The summed E-state index contributed by atoms with van der Waals surface area (Å²) in [7, 11) is 0. The number of aromatic nitrogens is 1. The molecule has 21 heavy (non-hydrogen) atoms. The monoisotopic (exact) mass is 278 g/mol. The smallest absolute Gasteiger partial charge is 0.303 e. The lowest BCUT2D eigenvalue weighted by Crippen LogP contribution is -2.13. The Labute approximate surface area is 122 Å². The number of rotatable bonds is 3. The van der Waals surface area contributed by atoms with Crippen molar-refractivity contribution in [2.75, 3.05) is 11.4 Å². The van der Waals surface area contributed by atoms with E-state index in [4.69, 9.17) is 4.42 Å². The van der Waals surface area contributed by atoms with Gasteiger partial charge < -0.3 is 9.21 Å². The third-order valence-electron chi connectivity index (χ3n) is 3.88. The Hall–Kier alpha value is -2.62. The highest BCUT2D eigenvalue weighted by molar-refractivity contribution is 5.78. The number of hydrogen-bond donors (Lipinski definition) is 0. The molecule has 0 radical (unpaired) electrons. The van der Waals surface area contributed by atoms with E-state index in [2.05, 4.69) is 28.1 Å². The number of carbonyl (C=O) groups excluding carboxylic acids is 1. The minimum Gasteiger partial charge on any atom is -0.423 e. The van der Waals surface area contributed by atoms with Crippen LogP contribution in [0.2, 0.25) is 0 Å². The minimum absolute atomic E-state index is 0.401. The van der Waals surface area contributed by atoms with Crippen LogP contribution in [-0.2, 0) is 17.6 Å². The number of para-hydroxylation sites is 1. The highest BCUT2D eigenvalue weighted by Crippen LogP contribution is 2.35. The van der Waals surface area contributed by atoms with Crippen LogP contribution in [0.1, 0.15) is 11.1 Å². The second kappa shape index (κ2) is 4.74. The third-order valence-corrected chi connectivity index (χ3v) is 3.88. The van der Waals surface area contributed by atoms with Crippen molar-refractivity contribution in [3.63, 3.8) is 0 Å². The van der Waals surface area contributed by atoms with Gasteiger partial charge in [-0.2, -0.15) is 4.98 Å². The average Bonchev–Trinajstić information content (AvgIpc) is 3.10. The number of aldehydes is 1. The molecule has 0 atom stereocenters. The summed E-state index contributed by atoms with van der Waals surface area (Å²) >= 11 is 0. The van der Waals surface area contributed by atoms with E-state index in [9.17, 15) is 4.79 Å². The van der Waals surface area contributed by atoms with Gasteiger partial charge in [0.15, 0.2) is 5.58 Å². The van der Waals surface area contributed by atoms with Crippen molar-refractivity contribution in [2.45, 2.75) is 12.8 Å². The molecule has 4 rings (SSSR count). The van der Waals surface area contributed by atoms with Crippen molar-refractivity contribution >= 4 is 29.1 Å². The van der Waals surface area contributed by atoms with Crippen molar-refractivity contribution < 1.29 is 9.21 Å². The number of hydrogen-bond acceptors (Lipinski definition) is 4. The standard InChI is InChI=1S/C17H14N2O2/c20-10-8-12-5-6-14-16(11-12)21-17(18-14)19-9-7-13-3-1-2-4-15(13)19/h1-6,10-11H,7-9H2. The average molecular weight is 278 g/mol. The number of anilines is 2. The quantitative estimate of drug-likeness (QED) is 0.690. The van der Waals surface area contributed by atoms with Crippen LogP contribution in [0.25, 0.3) is 11.1 Å². The number of fused-ring (bicyclic) bond motifs is 2. The Morgan fingerprint density at radius 2 is 2.14 bits per heavy atom. The first-order chi connectivity index (χ1) is 10.3. The Kier molecular flexibility index (Phi) is 2.74. The molecule has 104 valence electrons. The molecule has 0 saturated heterocycles. The van der Waals surface area contributed by atoms with Gasteiger partial charge in [0.1, 0.15) is 11.8 Å². The van der Waals surface area contributed by atoms with Crippen LogP contribution in [0.15, 0.2) is 46.9 Å². The molecular formula is C17H14N2O2. The minimum atomic E-state index is 0.401. The van der Waals surface area contributed by atoms with Gasteiger partial charge in [-0.15, -0.1) is 0 Å². The molecule has 0 saturated carbocycles. The van der Waals surface area contributed by atoms with Crippen LogP contribution >= 0.6 is 0 Å². The molecule has 0 N–H and O–H groups in total. The van der Waals surface area contributed by atoms with Crippen LogP contribution < -0.4 is 4.90 Å². The predicted molar refractivity (Wildman–Crippen MR) is 80.9 cm³/mol. The zero-order valence-electron chi connectivity index (χ0n) is 11.5. The summed E-state index contributed by atoms with van der Waals surface area (Å²) in [5, 5.41) is 0. The molecule has 4 heteroatoms. The molecule has 4 nitrogen and oxygen atoms in total. The lowest BCUT2D eigenvalue weighted by molar-refractivity contribution is -0.107. The molecule has 0 bridgehead atoms. The summed E-state index contributed by atoms with van der Waals surface area (Å²) < 4.78 is 5.89. The summed E-state index contributed by atoms with van der Waals surface area (Å²) in [6.07, 6.45) is 2.30. The first-order valence-corrected chi connectivity index (χ1v) is 7.04. The molecule has 0 spiro atoms. The highest BCUT2D eigenvalue weighted by atomic mass is 16.4. The van der Waals surface area contributed by atoms with Crippen LogP contribution in [0.5, 0.6) is 0 Å². The van der Waals surface area contributed by atoms with Crippen LogP contribution in [0.3, 0.4) is 0 Å². The Balaban J connectivity index is 1.76. The Morgan fingerprint density at radius 3 is 3.05 bits per heavy atom. The van der Waals surface area contributed by atoms with Gasteiger partial charge in [0.05, 0.1) is 0 Å². The van der Waals surface area contributed by atoms with E-state index in [0.29, 0.717) is 12.4 Å². The molecule has 3 aromatic rings. The van der Waals surface area contributed by atoms with E-state index in [1.165, 1.54) is 5.56 Å². The van der Waals surface area contributed by atoms with Gasteiger partial charge in [-0.3, -0.25) is 4.90 Å². The highest BCUT2D eigenvalue weighted by Gasteiger charge is 2.23. The number of carbonyl (C=O) groups is 1. The molecule has 0 fully saturated rings. The van der Waals surface area contributed by atoms with Crippen molar-refractivity contribution in [3.8, 4) is 0 Å². The maximum atomic E-state index is 10.6. The van der Waals surface area contributed by atoms with E-state index in [-0.39, 0.29) is 0 Å². The second-order valence-electron chi connectivity index (χ2n) is 5.20. The lowest BCUT2D eigenvalue weighted by Gasteiger charge is -2.13. The van der Waals surface area contributed by atoms with Crippen molar-refractivity contribution in [2.24, 2.45) is 0 Å². The normalized spacial score (nSPS) is 13.6. The molecular weight excluding hydrogens is 264 g/mol. The summed E-state index contributed by atoms with van der Waals surface area (Å²) in [5.41, 5.74) is 4.98. The van der Waals surface area contributed by atoms with Gasteiger partial charge in [-0.25, -0.2) is 0 Å². The zero-order valence-corrected chi connectivity index (χ0v) is 11.5. The molecule has 2 aromatic carbocycles. The van der Waals surface area contributed by atoms with E-state index < -0.39 is 0 Å². The maximum absolute atomic E-state index is 10.6. The molecule has 0 unspecified atom stereocenters. The van der Waals surface area contributed by atoms with Gasteiger partial charge in [0, 0.05) is 18.7 Å². The van der Waals surface area contributed by atoms with Gasteiger partial charge in [-0.05, 0) is 35.7 Å². The first kappa shape index (κ1) is 12.1. The zero-order chi connectivity index (χ0) is 14.2. The molecule has 1 aromatic heterocycles. The van der Waals surface area contributed by atoms with Gasteiger partial charge in [0.25, 0.3) is 0 Å². The topological polar surface area (TPSA) is 46.3 Å². The van der Waals surface area contributed by atoms with Crippen LogP contribution in [-0.4, -0.2) is 17.8 Å².